The Bertz CT molecular complexity index is 641. The average Bonchev–Trinajstić information content (AvgIpc) is 3.01. The molecule has 1 aliphatic heterocycles. The van der Waals surface area contributed by atoms with Gasteiger partial charge in [0.05, 0.1) is 10.6 Å². The first-order valence-corrected chi connectivity index (χ1v) is 7.07. The van der Waals surface area contributed by atoms with Gasteiger partial charge in [-0.25, -0.2) is 0 Å². The molecule has 0 N–H and O–H groups in total. The van der Waals surface area contributed by atoms with E-state index in [1.165, 1.54) is 19.1 Å². The van der Waals surface area contributed by atoms with E-state index in [9.17, 15) is 10.1 Å². The second-order valence-electron chi connectivity index (χ2n) is 5.34. The molecule has 7 heteroatoms. The zero-order valence-corrected chi connectivity index (χ0v) is 11.8. The van der Waals surface area contributed by atoms with E-state index in [0.29, 0.717) is 17.4 Å². The molecule has 0 aliphatic carbocycles. The normalized spacial score (nSPS) is 18.7. The van der Waals surface area contributed by atoms with Crippen molar-refractivity contribution >= 4 is 11.4 Å². The van der Waals surface area contributed by atoms with Gasteiger partial charge in [0.15, 0.2) is 0 Å². The Morgan fingerprint density at radius 2 is 2.05 bits per heavy atom. The molecular formula is C14H17N5O2. The molecule has 7 nitrogen and oxygen atoms in total. The maximum atomic E-state index is 11.4. The smallest absolute Gasteiger partial charge is 0.294 e. The number of rotatable bonds is 3. The Morgan fingerprint density at radius 3 is 2.71 bits per heavy atom. The summed E-state index contributed by atoms with van der Waals surface area (Å²) in [6.07, 6.45) is 6.40. The number of anilines is 1. The largest absolute Gasteiger partial charge is 0.363 e. The van der Waals surface area contributed by atoms with Crippen molar-refractivity contribution in [1.29, 1.82) is 0 Å². The quantitative estimate of drug-likeness (QED) is 0.640. The van der Waals surface area contributed by atoms with Crippen molar-refractivity contribution < 1.29 is 4.92 Å². The summed E-state index contributed by atoms with van der Waals surface area (Å²) in [5.74, 6) is 0. The number of nitrogens with zero attached hydrogens (tertiary/aromatic N) is 5. The van der Waals surface area contributed by atoms with Crippen molar-refractivity contribution in [2.45, 2.75) is 32.2 Å². The standard InChI is InChI=1S/C14H17N5O2/c1-11-4-2-3-7-18(11)13-6-5-12(8-14(13)19(20)21)17-9-15-16-10-17/h5-6,8-11H,2-4,7H2,1H3/t11-/m1/s1. The van der Waals surface area contributed by atoms with Crippen LogP contribution in [0.1, 0.15) is 26.2 Å². The van der Waals surface area contributed by atoms with Crippen molar-refractivity contribution in [3.8, 4) is 5.69 Å². The summed E-state index contributed by atoms with van der Waals surface area (Å²) >= 11 is 0. The molecule has 0 spiro atoms. The fourth-order valence-corrected chi connectivity index (χ4v) is 2.85. The molecule has 1 saturated heterocycles. The van der Waals surface area contributed by atoms with Gasteiger partial charge in [-0.05, 0) is 38.3 Å². The maximum absolute atomic E-state index is 11.4. The van der Waals surface area contributed by atoms with Crippen LogP contribution in [0.5, 0.6) is 0 Å². The summed E-state index contributed by atoms with van der Waals surface area (Å²) in [7, 11) is 0. The monoisotopic (exact) mass is 287 g/mol. The van der Waals surface area contributed by atoms with Crippen LogP contribution < -0.4 is 4.90 Å². The molecule has 1 atom stereocenters. The summed E-state index contributed by atoms with van der Waals surface area (Å²) in [6.45, 7) is 2.99. The van der Waals surface area contributed by atoms with E-state index in [1.807, 2.05) is 12.1 Å². The fourth-order valence-electron chi connectivity index (χ4n) is 2.85. The predicted octanol–water partition coefficient (Wildman–Crippen LogP) is 2.55. The maximum Gasteiger partial charge on any atom is 0.294 e. The molecule has 21 heavy (non-hydrogen) atoms. The zero-order valence-electron chi connectivity index (χ0n) is 11.8. The van der Waals surface area contributed by atoms with E-state index >= 15 is 0 Å². The number of nitro groups is 1. The van der Waals surface area contributed by atoms with Crippen LogP contribution in [0.2, 0.25) is 0 Å². The number of hydrogen-bond donors (Lipinski definition) is 0. The molecule has 1 aromatic heterocycles. The van der Waals surface area contributed by atoms with Gasteiger partial charge in [-0.2, -0.15) is 0 Å². The van der Waals surface area contributed by atoms with E-state index in [1.54, 1.807) is 10.6 Å². The second-order valence-corrected chi connectivity index (χ2v) is 5.34. The van der Waals surface area contributed by atoms with Crippen molar-refractivity contribution in [3.05, 3.63) is 41.0 Å². The van der Waals surface area contributed by atoms with Gasteiger partial charge in [-0.15, -0.1) is 10.2 Å². The summed E-state index contributed by atoms with van der Waals surface area (Å²) < 4.78 is 1.66. The lowest BCUT2D eigenvalue weighted by atomic mass is 10.0. The molecule has 1 aromatic carbocycles. The molecule has 2 aromatic rings. The van der Waals surface area contributed by atoms with Gasteiger partial charge in [-0.1, -0.05) is 0 Å². The Balaban J connectivity index is 2.02. The Labute approximate surface area is 122 Å². The molecule has 1 aliphatic rings. The van der Waals surface area contributed by atoms with Crippen molar-refractivity contribution in [2.24, 2.45) is 0 Å². The Hall–Kier alpha value is -2.44. The Morgan fingerprint density at radius 1 is 1.29 bits per heavy atom. The van der Waals surface area contributed by atoms with Crippen LogP contribution in [0.15, 0.2) is 30.9 Å². The minimum atomic E-state index is -0.315. The van der Waals surface area contributed by atoms with E-state index in [2.05, 4.69) is 22.0 Å². The molecule has 110 valence electrons. The van der Waals surface area contributed by atoms with Crippen LogP contribution in [-0.2, 0) is 0 Å². The van der Waals surface area contributed by atoms with Gasteiger partial charge in [0.1, 0.15) is 18.3 Å². The SMILES string of the molecule is C[C@@H]1CCCCN1c1ccc(-n2cnnc2)cc1[N+](=O)[O-]. The topological polar surface area (TPSA) is 77.1 Å². The van der Waals surface area contributed by atoms with Crippen LogP contribution in [0, 0.1) is 10.1 Å². The summed E-state index contributed by atoms with van der Waals surface area (Å²) in [5.41, 5.74) is 1.53. The molecular weight excluding hydrogens is 270 g/mol. The van der Waals surface area contributed by atoms with Gasteiger partial charge >= 0.3 is 0 Å². The lowest BCUT2D eigenvalue weighted by Gasteiger charge is -2.35. The van der Waals surface area contributed by atoms with Crippen LogP contribution in [0.3, 0.4) is 0 Å². The summed E-state index contributed by atoms with van der Waals surface area (Å²) in [4.78, 5) is 13.3. The van der Waals surface area contributed by atoms with Crippen LogP contribution in [-0.4, -0.2) is 32.3 Å². The second kappa shape index (κ2) is 5.51. The molecule has 0 bridgehead atoms. The summed E-state index contributed by atoms with van der Waals surface area (Å²) in [6, 6.07) is 5.61. The zero-order chi connectivity index (χ0) is 14.8. The highest BCUT2D eigenvalue weighted by molar-refractivity contribution is 5.67. The summed E-state index contributed by atoms with van der Waals surface area (Å²) in [5, 5.41) is 18.9. The lowest BCUT2D eigenvalue weighted by Crippen LogP contribution is -2.37. The predicted molar refractivity (Wildman–Crippen MR) is 78.7 cm³/mol. The Kier molecular flexibility index (Phi) is 3.55. The van der Waals surface area contributed by atoms with Gasteiger partial charge in [0, 0.05) is 18.7 Å². The molecule has 0 amide bonds. The van der Waals surface area contributed by atoms with Crippen molar-refractivity contribution in [1.82, 2.24) is 14.8 Å². The third-order valence-electron chi connectivity index (χ3n) is 3.98. The highest BCUT2D eigenvalue weighted by Crippen LogP contribution is 2.34. The fraction of sp³-hybridized carbons (Fsp3) is 0.429. The lowest BCUT2D eigenvalue weighted by molar-refractivity contribution is -0.384. The first kappa shape index (κ1) is 13.5. The van der Waals surface area contributed by atoms with Crippen LogP contribution in [0.25, 0.3) is 5.69 Å². The van der Waals surface area contributed by atoms with E-state index < -0.39 is 0 Å². The number of aromatic nitrogens is 3. The number of nitro benzene ring substituents is 1. The third-order valence-corrected chi connectivity index (χ3v) is 3.98. The van der Waals surface area contributed by atoms with Gasteiger partial charge in [0.2, 0.25) is 0 Å². The van der Waals surface area contributed by atoms with E-state index in [0.717, 1.165) is 19.4 Å². The van der Waals surface area contributed by atoms with Crippen LogP contribution >= 0.6 is 0 Å². The molecule has 0 radical (unpaired) electrons. The molecule has 0 saturated carbocycles. The third kappa shape index (κ3) is 2.58. The average molecular weight is 287 g/mol. The highest BCUT2D eigenvalue weighted by atomic mass is 16.6. The van der Waals surface area contributed by atoms with Gasteiger partial charge in [-0.3, -0.25) is 14.7 Å². The number of hydrogen-bond acceptors (Lipinski definition) is 5. The molecule has 0 unspecified atom stereocenters. The van der Waals surface area contributed by atoms with Crippen molar-refractivity contribution in [3.63, 3.8) is 0 Å². The highest BCUT2D eigenvalue weighted by Gasteiger charge is 2.25. The van der Waals surface area contributed by atoms with Crippen LogP contribution in [0.4, 0.5) is 11.4 Å². The molecule has 1 fully saturated rings. The minimum Gasteiger partial charge on any atom is -0.363 e. The molecule has 2 heterocycles. The number of benzene rings is 1. The van der Waals surface area contributed by atoms with E-state index in [4.69, 9.17) is 0 Å². The van der Waals surface area contributed by atoms with Gasteiger partial charge < -0.3 is 4.90 Å². The van der Waals surface area contributed by atoms with Crippen molar-refractivity contribution in [2.75, 3.05) is 11.4 Å². The first-order valence-electron chi connectivity index (χ1n) is 7.07. The molecule has 3 rings (SSSR count). The first-order chi connectivity index (χ1) is 10.2. The minimum absolute atomic E-state index is 0.134. The van der Waals surface area contributed by atoms with Gasteiger partial charge in [0.25, 0.3) is 5.69 Å². The number of piperidine rings is 1. The van der Waals surface area contributed by atoms with E-state index in [-0.39, 0.29) is 10.6 Å².